The van der Waals surface area contributed by atoms with Gasteiger partial charge in [0, 0.05) is 31.0 Å². The normalized spacial score (nSPS) is 15.2. The largest absolute Gasteiger partial charge is 0.337 e. The number of aromatic nitrogens is 1. The van der Waals surface area contributed by atoms with Crippen LogP contribution < -0.4 is 5.32 Å². The quantitative estimate of drug-likeness (QED) is 0.862. The smallest absolute Gasteiger partial charge is 0.270 e. The molecule has 3 rings (SSSR count). The molecular weight excluding hydrogens is 326 g/mol. The first-order valence-corrected chi connectivity index (χ1v) is 9.01. The van der Waals surface area contributed by atoms with E-state index in [1.807, 2.05) is 17.0 Å². The fraction of sp³-hybridized carbons (Fsp3) is 0.286. The van der Waals surface area contributed by atoms with Crippen molar-refractivity contribution >= 4 is 17.9 Å². The van der Waals surface area contributed by atoms with E-state index in [-0.39, 0.29) is 17.5 Å². The first-order valence-electron chi connectivity index (χ1n) is 9.01. The van der Waals surface area contributed by atoms with E-state index in [2.05, 4.69) is 10.3 Å². The van der Waals surface area contributed by atoms with Crippen LogP contribution in [0.25, 0.3) is 6.08 Å². The van der Waals surface area contributed by atoms with Gasteiger partial charge >= 0.3 is 0 Å². The molecule has 2 amide bonds. The Morgan fingerprint density at radius 3 is 2.35 bits per heavy atom. The van der Waals surface area contributed by atoms with Gasteiger partial charge in [-0.3, -0.25) is 14.6 Å². The van der Waals surface area contributed by atoms with Crippen molar-refractivity contribution < 1.29 is 9.59 Å². The van der Waals surface area contributed by atoms with E-state index < -0.39 is 0 Å². The minimum Gasteiger partial charge on any atom is -0.337 e. The van der Waals surface area contributed by atoms with Gasteiger partial charge in [0.15, 0.2) is 0 Å². The fourth-order valence-corrected chi connectivity index (χ4v) is 3.01. The number of amides is 2. The van der Waals surface area contributed by atoms with Crippen molar-refractivity contribution in [1.82, 2.24) is 15.2 Å². The monoisotopic (exact) mass is 349 g/mol. The van der Waals surface area contributed by atoms with Crippen LogP contribution in [0.5, 0.6) is 0 Å². The van der Waals surface area contributed by atoms with Gasteiger partial charge in [0.1, 0.15) is 5.70 Å². The molecule has 1 N–H and O–H groups in total. The second kappa shape index (κ2) is 8.94. The number of carbonyl (C=O) groups excluding carboxylic acids is 2. The van der Waals surface area contributed by atoms with Crippen molar-refractivity contribution in [2.75, 3.05) is 13.1 Å². The van der Waals surface area contributed by atoms with Crippen LogP contribution in [0.3, 0.4) is 0 Å². The fourth-order valence-electron chi connectivity index (χ4n) is 3.01. The van der Waals surface area contributed by atoms with Crippen LogP contribution in [-0.2, 0) is 4.79 Å². The van der Waals surface area contributed by atoms with Crippen molar-refractivity contribution in [3.8, 4) is 0 Å². The summed E-state index contributed by atoms with van der Waals surface area (Å²) >= 11 is 0. The highest BCUT2D eigenvalue weighted by atomic mass is 16.2. The van der Waals surface area contributed by atoms with E-state index in [1.54, 1.807) is 48.8 Å². The number of pyridine rings is 1. The molecule has 2 aromatic rings. The predicted octanol–water partition coefficient (Wildman–Crippen LogP) is 3.26. The number of benzene rings is 1. The zero-order chi connectivity index (χ0) is 18.2. The van der Waals surface area contributed by atoms with Crippen LogP contribution in [0.1, 0.15) is 41.6 Å². The van der Waals surface area contributed by atoms with Gasteiger partial charge in [-0.1, -0.05) is 37.1 Å². The third kappa shape index (κ3) is 4.79. The predicted molar refractivity (Wildman–Crippen MR) is 101 cm³/mol. The third-order valence-corrected chi connectivity index (χ3v) is 4.40. The lowest BCUT2D eigenvalue weighted by Crippen LogP contribution is -2.39. The molecule has 0 unspecified atom stereocenters. The average Bonchev–Trinajstić information content (AvgIpc) is 2.98. The van der Waals surface area contributed by atoms with Gasteiger partial charge in [-0.25, -0.2) is 0 Å². The van der Waals surface area contributed by atoms with Crippen LogP contribution in [0.15, 0.2) is 60.6 Å². The average molecular weight is 349 g/mol. The topological polar surface area (TPSA) is 62.3 Å². The second-order valence-electron chi connectivity index (χ2n) is 6.37. The van der Waals surface area contributed by atoms with Crippen LogP contribution in [0, 0.1) is 0 Å². The molecule has 26 heavy (non-hydrogen) atoms. The molecule has 1 saturated heterocycles. The van der Waals surface area contributed by atoms with Gasteiger partial charge in [-0.15, -0.1) is 0 Å². The number of likely N-dealkylation sites (tertiary alicyclic amines) is 1. The molecule has 5 nitrogen and oxygen atoms in total. The van der Waals surface area contributed by atoms with E-state index in [0.29, 0.717) is 5.56 Å². The van der Waals surface area contributed by atoms with E-state index in [4.69, 9.17) is 0 Å². The van der Waals surface area contributed by atoms with Crippen molar-refractivity contribution in [1.29, 1.82) is 0 Å². The number of hydrogen-bond acceptors (Lipinski definition) is 3. The molecule has 0 spiro atoms. The summed E-state index contributed by atoms with van der Waals surface area (Å²) in [5.41, 5.74) is 1.58. The third-order valence-electron chi connectivity index (χ3n) is 4.40. The number of nitrogens with one attached hydrogen (secondary N) is 1. The van der Waals surface area contributed by atoms with Crippen molar-refractivity contribution in [3.05, 3.63) is 71.7 Å². The maximum atomic E-state index is 13.0. The van der Waals surface area contributed by atoms with Crippen molar-refractivity contribution in [3.63, 3.8) is 0 Å². The molecular formula is C21H23N3O2. The van der Waals surface area contributed by atoms with Crippen molar-refractivity contribution in [2.45, 2.75) is 25.7 Å². The molecule has 1 fully saturated rings. The summed E-state index contributed by atoms with van der Waals surface area (Å²) in [7, 11) is 0. The number of hydrogen-bond donors (Lipinski definition) is 1. The number of nitrogens with zero attached hydrogens (tertiary/aromatic N) is 2. The summed E-state index contributed by atoms with van der Waals surface area (Å²) < 4.78 is 0. The maximum absolute atomic E-state index is 13.0. The maximum Gasteiger partial charge on any atom is 0.270 e. The van der Waals surface area contributed by atoms with Gasteiger partial charge in [0.05, 0.1) is 0 Å². The Bertz CT molecular complexity index is 764. The zero-order valence-corrected chi connectivity index (χ0v) is 14.7. The minimum atomic E-state index is -0.288. The van der Waals surface area contributed by atoms with Gasteiger partial charge < -0.3 is 10.2 Å². The Morgan fingerprint density at radius 2 is 1.69 bits per heavy atom. The second-order valence-corrected chi connectivity index (χ2v) is 6.37. The zero-order valence-electron chi connectivity index (χ0n) is 14.7. The Hall–Kier alpha value is -2.95. The highest BCUT2D eigenvalue weighted by Gasteiger charge is 2.21. The first kappa shape index (κ1) is 17.9. The van der Waals surface area contributed by atoms with Gasteiger partial charge in [0.25, 0.3) is 11.8 Å². The number of rotatable bonds is 4. The first-order chi connectivity index (χ1) is 12.7. The molecule has 1 aliphatic heterocycles. The summed E-state index contributed by atoms with van der Waals surface area (Å²) in [6.45, 7) is 1.45. The van der Waals surface area contributed by atoms with Crippen LogP contribution in [0.4, 0.5) is 0 Å². The van der Waals surface area contributed by atoms with Crippen LogP contribution >= 0.6 is 0 Å². The molecule has 5 heteroatoms. The molecule has 0 saturated carbocycles. The highest BCUT2D eigenvalue weighted by molar-refractivity contribution is 6.05. The molecule has 134 valence electrons. The standard InChI is InChI=1S/C21H23N3O2/c25-20(18-10-4-3-5-11-18)23-19(15-17-9-8-12-22-16-17)21(26)24-13-6-1-2-7-14-24/h3-5,8-12,15-16H,1-2,6-7,13-14H2,(H,23,25)/b19-15-. The summed E-state index contributed by atoms with van der Waals surface area (Å²) in [6.07, 6.45) is 9.32. The lowest BCUT2D eigenvalue weighted by Gasteiger charge is -2.22. The molecule has 1 aliphatic rings. The van der Waals surface area contributed by atoms with E-state index in [1.165, 1.54) is 0 Å². The molecule has 0 bridgehead atoms. The Labute approximate surface area is 153 Å². The molecule has 1 aromatic heterocycles. The Morgan fingerprint density at radius 1 is 0.962 bits per heavy atom. The summed E-state index contributed by atoms with van der Waals surface area (Å²) in [5, 5.41) is 2.80. The van der Waals surface area contributed by atoms with E-state index >= 15 is 0 Å². The molecule has 0 atom stereocenters. The lowest BCUT2D eigenvalue weighted by atomic mass is 10.2. The lowest BCUT2D eigenvalue weighted by molar-refractivity contribution is -0.127. The molecule has 2 heterocycles. The van der Waals surface area contributed by atoms with Crippen LogP contribution in [0.2, 0.25) is 0 Å². The Kier molecular flexibility index (Phi) is 6.14. The van der Waals surface area contributed by atoms with Gasteiger partial charge in [0.2, 0.25) is 0 Å². The number of carbonyl (C=O) groups is 2. The van der Waals surface area contributed by atoms with Gasteiger partial charge in [-0.2, -0.15) is 0 Å². The summed E-state index contributed by atoms with van der Waals surface area (Å²) in [5.74, 6) is -0.427. The van der Waals surface area contributed by atoms with E-state index in [0.717, 1.165) is 44.3 Å². The molecule has 0 radical (unpaired) electrons. The van der Waals surface area contributed by atoms with E-state index in [9.17, 15) is 9.59 Å². The van der Waals surface area contributed by atoms with Crippen molar-refractivity contribution in [2.24, 2.45) is 0 Å². The van der Waals surface area contributed by atoms with Crippen LogP contribution in [-0.4, -0.2) is 34.8 Å². The minimum absolute atomic E-state index is 0.139. The molecule has 0 aliphatic carbocycles. The summed E-state index contributed by atoms with van der Waals surface area (Å²) in [4.78, 5) is 31.5. The summed E-state index contributed by atoms with van der Waals surface area (Å²) in [6, 6.07) is 12.6. The highest BCUT2D eigenvalue weighted by Crippen LogP contribution is 2.14. The molecule has 1 aromatic carbocycles. The van der Waals surface area contributed by atoms with Gasteiger partial charge in [-0.05, 0) is 42.7 Å². The Balaban J connectivity index is 1.85. The SMILES string of the molecule is O=C(N/C(=C\c1cccnc1)C(=O)N1CCCCCC1)c1ccccc1.